The highest BCUT2D eigenvalue weighted by molar-refractivity contribution is 9.10. The van der Waals surface area contributed by atoms with E-state index in [1.165, 1.54) is 0 Å². The predicted molar refractivity (Wildman–Crippen MR) is 78.3 cm³/mol. The molecule has 1 amide bonds. The Kier molecular flexibility index (Phi) is 4.46. The van der Waals surface area contributed by atoms with Crippen LogP contribution in [-0.4, -0.2) is 5.91 Å². The standard InChI is InChI=1S/C14H15BrN2O3/c1-8-5-11(3-4-12(8)15)19-7-10-6-13(14(18)17-16)20-9(10)2/h3-6H,7,16H2,1-2H3,(H,17,18). The number of nitrogens with one attached hydrogen (secondary N) is 1. The van der Waals surface area contributed by atoms with Crippen molar-refractivity contribution >= 4 is 21.8 Å². The lowest BCUT2D eigenvalue weighted by molar-refractivity contribution is 0.0924. The largest absolute Gasteiger partial charge is 0.489 e. The Bertz CT molecular complexity index is 637. The van der Waals surface area contributed by atoms with Gasteiger partial charge >= 0.3 is 5.91 Å². The number of rotatable bonds is 4. The number of nitrogens with two attached hydrogens (primary N) is 1. The van der Waals surface area contributed by atoms with Crippen molar-refractivity contribution < 1.29 is 13.9 Å². The minimum absolute atomic E-state index is 0.176. The summed E-state index contributed by atoms with van der Waals surface area (Å²) < 4.78 is 12.0. The third-order valence-electron chi connectivity index (χ3n) is 2.90. The van der Waals surface area contributed by atoms with E-state index in [4.69, 9.17) is 15.0 Å². The van der Waals surface area contributed by atoms with Gasteiger partial charge < -0.3 is 9.15 Å². The topological polar surface area (TPSA) is 77.5 Å². The molecule has 0 atom stereocenters. The van der Waals surface area contributed by atoms with Crippen molar-refractivity contribution in [1.82, 2.24) is 5.43 Å². The van der Waals surface area contributed by atoms with Crippen LogP contribution in [0.15, 0.2) is 33.2 Å². The molecule has 0 saturated heterocycles. The summed E-state index contributed by atoms with van der Waals surface area (Å²) >= 11 is 3.44. The fourth-order valence-electron chi connectivity index (χ4n) is 1.71. The second-order valence-corrected chi connectivity index (χ2v) is 5.22. The Morgan fingerprint density at radius 2 is 2.15 bits per heavy atom. The summed E-state index contributed by atoms with van der Waals surface area (Å²) in [6.45, 7) is 4.09. The van der Waals surface area contributed by atoms with Crippen molar-refractivity contribution in [1.29, 1.82) is 0 Å². The van der Waals surface area contributed by atoms with E-state index in [9.17, 15) is 4.79 Å². The van der Waals surface area contributed by atoms with Gasteiger partial charge in [0.1, 0.15) is 18.1 Å². The number of carbonyl (C=O) groups excluding carboxylic acids is 1. The van der Waals surface area contributed by atoms with Crippen molar-refractivity contribution in [2.24, 2.45) is 5.84 Å². The van der Waals surface area contributed by atoms with E-state index in [0.717, 1.165) is 21.3 Å². The molecule has 0 radical (unpaired) electrons. The van der Waals surface area contributed by atoms with Crippen LogP contribution in [0.3, 0.4) is 0 Å². The molecule has 0 saturated carbocycles. The first-order chi connectivity index (χ1) is 9.51. The summed E-state index contributed by atoms with van der Waals surface area (Å²) in [7, 11) is 0. The molecular weight excluding hydrogens is 324 g/mol. The molecule has 0 aliphatic heterocycles. The van der Waals surface area contributed by atoms with Gasteiger partial charge in [-0.2, -0.15) is 0 Å². The number of amides is 1. The first kappa shape index (κ1) is 14.6. The SMILES string of the molecule is Cc1cc(OCc2cc(C(=O)NN)oc2C)ccc1Br. The van der Waals surface area contributed by atoms with Gasteiger partial charge in [0.25, 0.3) is 0 Å². The molecule has 0 unspecified atom stereocenters. The van der Waals surface area contributed by atoms with Gasteiger partial charge in [-0.15, -0.1) is 0 Å². The maximum absolute atomic E-state index is 11.4. The van der Waals surface area contributed by atoms with Crippen molar-refractivity contribution in [3.63, 3.8) is 0 Å². The molecule has 2 aromatic rings. The molecule has 6 heteroatoms. The van der Waals surface area contributed by atoms with E-state index in [1.807, 2.05) is 30.5 Å². The molecule has 2 rings (SSSR count). The molecular formula is C14H15BrN2O3. The van der Waals surface area contributed by atoms with Crippen LogP contribution < -0.4 is 16.0 Å². The average molecular weight is 339 g/mol. The quantitative estimate of drug-likeness (QED) is 0.510. The second-order valence-electron chi connectivity index (χ2n) is 4.37. The lowest BCUT2D eigenvalue weighted by Gasteiger charge is -2.07. The highest BCUT2D eigenvalue weighted by atomic mass is 79.9. The molecule has 106 valence electrons. The number of halogens is 1. The molecule has 20 heavy (non-hydrogen) atoms. The Morgan fingerprint density at radius 3 is 2.80 bits per heavy atom. The van der Waals surface area contributed by atoms with Crippen LogP contribution in [0.25, 0.3) is 0 Å². The van der Waals surface area contributed by atoms with Crippen molar-refractivity contribution in [2.45, 2.75) is 20.5 Å². The summed E-state index contributed by atoms with van der Waals surface area (Å²) in [5, 5.41) is 0. The number of hydrazine groups is 1. The number of hydrogen-bond donors (Lipinski definition) is 2. The lowest BCUT2D eigenvalue weighted by Crippen LogP contribution is -2.29. The van der Waals surface area contributed by atoms with E-state index < -0.39 is 5.91 Å². The highest BCUT2D eigenvalue weighted by Gasteiger charge is 2.13. The van der Waals surface area contributed by atoms with Crippen molar-refractivity contribution in [2.75, 3.05) is 0 Å². The highest BCUT2D eigenvalue weighted by Crippen LogP contribution is 2.23. The zero-order chi connectivity index (χ0) is 14.7. The summed E-state index contributed by atoms with van der Waals surface area (Å²) in [5.74, 6) is 6.18. The first-order valence-electron chi connectivity index (χ1n) is 6.00. The maximum Gasteiger partial charge on any atom is 0.300 e. The van der Waals surface area contributed by atoms with Crippen LogP contribution in [0.5, 0.6) is 5.75 Å². The minimum atomic E-state index is -0.459. The molecule has 1 heterocycles. The van der Waals surface area contributed by atoms with Crippen molar-refractivity contribution in [3.8, 4) is 5.75 Å². The Morgan fingerprint density at radius 1 is 1.40 bits per heavy atom. The molecule has 0 aliphatic rings. The molecule has 0 fully saturated rings. The average Bonchev–Trinajstić information content (AvgIpc) is 2.80. The number of benzene rings is 1. The zero-order valence-electron chi connectivity index (χ0n) is 11.2. The molecule has 0 aliphatic carbocycles. The van der Waals surface area contributed by atoms with Crippen LogP contribution in [0.1, 0.15) is 27.4 Å². The van der Waals surface area contributed by atoms with Gasteiger partial charge in [0.15, 0.2) is 5.76 Å². The molecule has 0 bridgehead atoms. The van der Waals surface area contributed by atoms with E-state index in [0.29, 0.717) is 12.4 Å². The van der Waals surface area contributed by atoms with Crippen LogP contribution in [-0.2, 0) is 6.61 Å². The Hall–Kier alpha value is -1.79. The number of carbonyl (C=O) groups is 1. The fraction of sp³-hybridized carbons (Fsp3) is 0.214. The second kappa shape index (κ2) is 6.11. The van der Waals surface area contributed by atoms with Crippen LogP contribution in [0.2, 0.25) is 0 Å². The maximum atomic E-state index is 11.4. The molecule has 1 aromatic heterocycles. The minimum Gasteiger partial charge on any atom is -0.489 e. The lowest BCUT2D eigenvalue weighted by atomic mass is 10.2. The Labute approximate surface area is 125 Å². The van der Waals surface area contributed by atoms with Gasteiger partial charge in [-0.25, -0.2) is 5.84 Å². The number of hydrogen-bond acceptors (Lipinski definition) is 4. The summed E-state index contributed by atoms with van der Waals surface area (Å²) in [6, 6.07) is 7.37. The normalized spacial score (nSPS) is 10.4. The number of furan rings is 1. The molecule has 0 spiro atoms. The fourth-order valence-corrected chi connectivity index (χ4v) is 1.96. The van der Waals surface area contributed by atoms with E-state index in [1.54, 1.807) is 13.0 Å². The van der Waals surface area contributed by atoms with Gasteiger partial charge in [-0.05, 0) is 43.7 Å². The third kappa shape index (κ3) is 3.20. The van der Waals surface area contributed by atoms with Crippen LogP contribution in [0.4, 0.5) is 0 Å². The summed E-state index contributed by atoms with van der Waals surface area (Å²) in [5.41, 5.74) is 3.93. The summed E-state index contributed by atoms with van der Waals surface area (Å²) in [6.07, 6.45) is 0. The van der Waals surface area contributed by atoms with E-state index >= 15 is 0 Å². The Balaban J connectivity index is 2.08. The molecule has 1 aromatic carbocycles. The monoisotopic (exact) mass is 338 g/mol. The van der Waals surface area contributed by atoms with Gasteiger partial charge in [0.05, 0.1) is 0 Å². The predicted octanol–water partition coefficient (Wildman–Crippen LogP) is 2.84. The zero-order valence-corrected chi connectivity index (χ0v) is 12.8. The number of aryl methyl sites for hydroxylation is 2. The van der Waals surface area contributed by atoms with E-state index in [2.05, 4.69) is 15.9 Å². The van der Waals surface area contributed by atoms with Gasteiger partial charge in [-0.1, -0.05) is 15.9 Å². The van der Waals surface area contributed by atoms with Gasteiger partial charge in [-0.3, -0.25) is 10.2 Å². The van der Waals surface area contributed by atoms with Crippen molar-refractivity contribution in [3.05, 3.63) is 51.4 Å². The first-order valence-corrected chi connectivity index (χ1v) is 6.79. The molecule has 3 N–H and O–H groups in total. The number of nitrogen functional groups attached to an aromatic ring is 1. The van der Waals surface area contributed by atoms with E-state index in [-0.39, 0.29) is 5.76 Å². The van der Waals surface area contributed by atoms with Gasteiger partial charge in [0.2, 0.25) is 0 Å². The summed E-state index contributed by atoms with van der Waals surface area (Å²) in [4.78, 5) is 11.4. The third-order valence-corrected chi connectivity index (χ3v) is 3.79. The van der Waals surface area contributed by atoms with Crippen LogP contribution in [0, 0.1) is 13.8 Å². The van der Waals surface area contributed by atoms with Gasteiger partial charge in [0, 0.05) is 10.0 Å². The number of ether oxygens (including phenoxy) is 1. The smallest absolute Gasteiger partial charge is 0.300 e. The van der Waals surface area contributed by atoms with Crippen LogP contribution >= 0.6 is 15.9 Å². The molecule has 5 nitrogen and oxygen atoms in total.